The molecule has 128 valence electrons. The molecule has 0 spiro atoms. The van der Waals surface area contributed by atoms with E-state index >= 15 is 0 Å². The highest BCUT2D eigenvalue weighted by Gasteiger charge is 2.50. The van der Waals surface area contributed by atoms with Crippen molar-refractivity contribution in [2.45, 2.75) is 50.6 Å². The molecule has 9 heteroatoms. The monoisotopic (exact) mass is 337 g/mol. The molecule has 0 bridgehead atoms. The number of carbonyl (C=O) groups excluding carboxylic acids is 1. The number of aryl methyl sites for hydroxylation is 1. The average molecular weight is 337 g/mol. The number of hydrogen-bond acceptors (Lipinski definition) is 5. The van der Waals surface area contributed by atoms with Crippen LogP contribution in [0.1, 0.15) is 60.3 Å². The first-order valence-corrected chi connectivity index (χ1v) is 8.02. The largest absolute Gasteiger partial charge is 0.337 e. The Morgan fingerprint density at radius 3 is 2.92 bits per heavy atom. The third kappa shape index (κ3) is 2.67. The van der Waals surface area contributed by atoms with Gasteiger partial charge in [0.25, 0.3) is 11.8 Å². The van der Waals surface area contributed by atoms with E-state index in [-0.39, 0.29) is 17.5 Å². The fourth-order valence-corrected chi connectivity index (χ4v) is 2.94. The van der Waals surface area contributed by atoms with Crippen LogP contribution >= 0.6 is 0 Å². The molecule has 4 rings (SSSR count). The van der Waals surface area contributed by atoms with Crippen LogP contribution in [0.3, 0.4) is 0 Å². The zero-order valence-electron chi connectivity index (χ0n) is 13.2. The van der Waals surface area contributed by atoms with Crippen molar-refractivity contribution in [3.8, 4) is 0 Å². The normalized spacial score (nSPS) is 23.0. The van der Waals surface area contributed by atoms with Gasteiger partial charge in [-0.3, -0.25) is 9.48 Å². The van der Waals surface area contributed by atoms with Gasteiger partial charge in [0.1, 0.15) is 11.7 Å². The second-order valence-electron chi connectivity index (χ2n) is 6.33. The van der Waals surface area contributed by atoms with Gasteiger partial charge in [-0.15, -0.1) is 0 Å². The predicted octanol–water partition coefficient (Wildman–Crippen LogP) is 2.39. The molecule has 0 N–H and O–H groups in total. The van der Waals surface area contributed by atoms with Crippen molar-refractivity contribution >= 4 is 5.91 Å². The van der Waals surface area contributed by atoms with Crippen LogP contribution in [0, 0.1) is 0 Å². The fraction of sp³-hybridized carbons (Fsp3) is 0.600. The third-order valence-electron chi connectivity index (χ3n) is 4.40. The van der Waals surface area contributed by atoms with Crippen LogP contribution in [0.25, 0.3) is 0 Å². The molecular weight excluding hydrogens is 320 g/mol. The lowest BCUT2D eigenvalue weighted by atomic mass is 10.2. The van der Waals surface area contributed by atoms with Gasteiger partial charge in [0.2, 0.25) is 5.89 Å². The van der Waals surface area contributed by atoms with Gasteiger partial charge in [-0.1, -0.05) is 5.16 Å². The molecule has 1 atom stereocenters. The number of alkyl halides is 2. The summed E-state index contributed by atoms with van der Waals surface area (Å²) in [6.45, 7) is 1.81. The lowest BCUT2D eigenvalue weighted by molar-refractivity contribution is 0.0116. The van der Waals surface area contributed by atoms with Crippen molar-refractivity contribution in [2.24, 2.45) is 0 Å². The highest BCUT2D eigenvalue weighted by Crippen LogP contribution is 2.43. The van der Waals surface area contributed by atoms with Crippen LogP contribution in [0.5, 0.6) is 0 Å². The number of halogens is 2. The van der Waals surface area contributed by atoms with Gasteiger partial charge >= 0.3 is 0 Å². The van der Waals surface area contributed by atoms with E-state index < -0.39 is 30.8 Å². The summed E-state index contributed by atoms with van der Waals surface area (Å²) in [4.78, 5) is 18.0. The first-order valence-electron chi connectivity index (χ1n) is 8.02. The molecule has 1 saturated heterocycles. The Morgan fingerprint density at radius 2 is 2.25 bits per heavy atom. The van der Waals surface area contributed by atoms with Crippen LogP contribution in [0.2, 0.25) is 0 Å². The van der Waals surface area contributed by atoms with Gasteiger partial charge in [0.05, 0.1) is 6.54 Å². The molecule has 0 aromatic carbocycles. The molecule has 0 radical (unpaired) electrons. The number of amides is 1. The molecule has 7 nitrogen and oxygen atoms in total. The molecule has 2 fully saturated rings. The van der Waals surface area contributed by atoms with E-state index in [1.54, 1.807) is 10.9 Å². The number of rotatable bonds is 4. The summed E-state index contributed by atoms with van der Waals surface area (Å²) in [6.07, 6.45) is 3.10. The lowest BCUT2D eigenvalue weighted by Gasteiger charge is -2.19. The van der Waals surface area contributed by atoms with Gasteiger partial charge in [0, 0.05) is 25.1 Å². The lowest BCUT2D eigenvalue weighted by Crippen LogP contribution is -2.33. The summed E-state index contributed by atoms with van der Waals surface area (Å²) in [7, 11) is 0. The zero-order chi connectivity index (χ0) is 16.9. The van der Waals surface area contributed by atoms with Gasteiger partial charge in [0.15, 0.2) is 5.82 Å². The van der Waals surface area contributed by atoms with Crippen LogP contribution in [0.4, 0.5) is 8.78 Å². The smallest absolute Gasteiger partial charge is 0.275 e. The molecule has 2 aromatic rings. The standard InChI is InChI=1S/C15H17F2N5O2/c1-2-21-6-5-10(19-21)14(23)22-8-15(16,17)7-11(22)13-18-12(20-24-13)9-3-4-9/h5-6,9,11H,2-4,7-8H2,1H3/t11-/m0/s1. The van der Waals surface area contributed by atoms with E-state index in [1.807, 2.05) is 6.92 Å². The van der Waals surface area contributed by atoms with E-state index in [0.717, 1.165) is 17.7 Å². The van der Waals surface area contributed by atoms with Crippen LogP contribution in [-0.2, 0) is 6.54 Å². The van der Waals surface area contributed by atoms with Crippen molar-refractivity contribution in [1.29, 1.82) is 0 Å². The highest BCUT2D eigenvalue weighted by atomic mass is 19.3. The van der Waals surface area contributed by atoms with Gasteiger partial charge in [-0.05, 0) is 25.8 Å². The van der Waals surface area contributed by atoms with E-state index in [1.165, 1.54) is 6.07 Å². The molecule has 0 unspecified atom stereocenters. The second-order valence-corrected chi connectivity index (χ2v) is 6.33. The highest BCUT2D eigenvalue weighted by molar-refractivity contribution is 5.92. The molecule has 2 aliphatic rings. The van der Waals surface area contributed by atoms with Crippen LogP contribution < -0.4 is 0 Å². The summed E-state index contributed by atoms with van der Waals surface area (Å²) < 4.78 is 34.6. The zero-order valence-corrected chi connectivity index (χ0v) is 13.2. The Kier molecular flexibility index (Phi) is 3.40. The Bertz CT molecular complexity index is 768. The molecule has 1 aliphatic heterocycles. The van der Waals surface area contributed by atoms with E-state index in [0.29, 0.717) is 12.4 Å². The van der Waals surface area contributed by atoms with Gasteiger partial charge < -0.3 is 9.42 Å². The summed E-state index contributed by atoms with van der Waals surface area (Å²) in [5.41, 5.74) is 0.140. The van der Waals surface area contributed by atoms with Crippen molar-refractivity contribution in [3.05, 3.63) is 29.7 Å². The molecule has 1 saturated carbocycles. The molecule has 2 aromatic heterocycles. The maximum absolute atomic E-state index is 13.9. The average Bonchev–Trinajstić information content (AvgIpc) is 3.01. The number of aromatic nitrogens is 4. The van der Waals surface area contributed by atoms with Crippen LogP contribution in [-0.4, -0.2) is 43.2 Å². The summed E-state index contributed by atoms with van der Waals surface area (Å²) in [6, 6.07) is 0.613. The number of carbonyl (C=O) groups is 1. The third-order valence-corrected chi connectivity index (χ3v) is 4.40. The maximum Gasteiger partial charge on any atom is 0.275 e. The minimum Gasteiger partial charge on any atom is -0.337 e. The van der Waals surface area contributed by atoms with Crippen molar-refractivity contribution in [3.63, 3.8) is 0 Å². The Morgan fingerprint density at radius 1 is 1.46 bits per heavy atom. The molecule has 1 amide bonds. The molecule has 3 heterocycles. The van der Waals surface area contributed by atoms with E-state index in [4.69, 9.17) is 4.52 Å². The van der Waals surface area contributed by atoms with Crippen molar-refractivity contribution < 1.29 is 18.1 Å². The van der Waals surface area contributed by atoms with Crippen molar-refractivity contribution in [2.75, 3.05) is 6.54 Å². The molecule has 1 aliphatic carbocycles. The molecule has 24 heavy (non-hydrogen) atoms. The predicted molar refractivity (Wildman–Crippen MR) is 77.5 cm³/mol. The fourth-order valence-electron chi connectivity index (χ4n) is 2.94. The summed E-state index contributed by atoms with van der Waals surface area (Å²) >= 11 is 0. The van der Waals surface area contributed by atoms with Gasteiger partial charge in [-0.25, -0.2) is 8.78 Å². The second kappa shape index (κ2) is 5.35. The minimum atomic E-state index is -2.98. The van der Waals surface area contributed by atoms with E-state index in [9.17, 15) is 13.6 Å². The number of hydrogen-bond donors (Lipinski definition) is 0. The number of nitrogens with zero attached hydrogens (tertiary/aromatic N) is 5. The minimum absolute atomic E-state index is 0.0809. The first kappa shape index (κ1) is 15.2. The Labute approximate surface area is 136 Å². The Hall–Kier alpha value is -2.32. The summed E-state index contributed by atoms with van der Waals surface area (Å²) in [5, 5.41) is 7.97. The maximum atomic E-state index is 13.9. The van der Waals surface area contributed by atoms with E-state index in [2.05, 4.69) is 15.2 Å². The SMILES string of the molecule is CCn1ccc(C(=O)N2CC(F)(F)C[C@H]2c2nc(C3CC3)no2)n1. The van der Waals surface area contributed by atoms with Crippen LogP contribution in [0.15, 0.2) is 16.8 Å². The Balaban J connectivity index is 1.61. The first-order chi connectivity index (χ1) is 11.5. The van der Waals surface area contributed by atoms with Crippen molar-refractivity contribution in [1.82, 2.24) is 24.8 Å². The van der Waals surface area contributed by atoms with Gasteiger partial charge in [-0.2, -0.15) is 10.1 Å². The topological polar surface area (TPSA) is 77.0 Å². The number of likely N-dealkylation sites (tertiary alicyclic amines) is 1. The quantitative estimate of drug-likeness (QED) is 0.856. The summed E-state index contributed by atoms with van der Waals surface area (Å²) in [5.74, 6) is -2.65. The molecular formula is C15H17F2N5O2.